The summed E-state index contributed by atoms with van der Waals surface area (Å²) in [6.07, 6.45) is 1.68. The second kappa shape index (κ2) is 7.30. The summed E-state index contributed by atoms with van der Waals surface area (Å²) in [5.74, 6) is -1.70. The molecule has 0 unspecified atom stereocenters. The van der Waals surface area contributed by atoms with Crippen molar-refractivity contribution in [3.8, 4) is 5.75 Å². The molecular formula is C26H26ClN3O4. The number of amides is 3. The van der Waals surface area contributed by atoms with E-state index in [4.69, 9.17) is 16.3 Å². The van der Waals surface area contributed by atoms with Crippen LogP contribution in [-0.2, 0) is 19.9 Å². The van der Waals surface area contributed by atoms with E-state index < -0.39 is 17.4 Å². The van der Waals surface area contributed by atoms with Crippen molar-refractivity contribution >= 4 is 40.7 Å². The van der Waals surface area contributed by atoms with Gasteiger partial charge in [0.2, 0.25) is 11.8 Å². The van der Waals surface area contributed by atoms with Gasteiger partial charge in [-0.1, -0.05) is 29.8 Å². The highest BCUT2D eigenvalue weighted by molar-refractivity contribution is 6.32. The van der Waals surface area contributed by atoms with E-state index in [9.17, 15) is 14.4 Å². The summed E-state index contributed by atoms with van der Waals surface area (Å²) in [6.45, 7) is 4.97. The Balaban J connectivity index is 1.57. The molecule has 0 bridgehead atoms. The van der Waals surface area contributed by atoms with Crippen LogP contribution in [0.1, 0.15) is 30.9 Å². The normalized spacial score (nSPS) is 29.9. The molecule has 3 amide bonds. The third-order valence-electron chi connectivity index (χ3n) is 8.16. The van der Waals surface area contributed by atoms with Crippen LogP contribution in [0.4, 0.5) is 11.4 Å². The largest absolute Gasteiger partial charge is 0.495 e. The van der Waals surface area contributed by atoms with E-state index in [-0.39, 0.29) is 23.8 Å². The van der Waals surface area contributed by atoms with Crippen LogP contribution in [0.3, 0.4) is 0 Å². The van der Waals surface area contributed by atoms with Gasteiger partial charge in [0, 0.05) is 34.9 Å². The fourth-order valence-electron chi connectivity index (χ4n) is 6.88. The van der Waals surface area contributed by atoms with Gasteiger partial charge in [-0.05, 0) is 50.9 Å². The van der Waals surface area contributed by atoms with Gasteiger partial charge in [-0.15, -0.1) is 0 Å². The Labute approximate surface area is 203 Å². The number of likely N-dealkylation sites (N-methyl/N-ethyl adjacent to an activating group) is 1. The molecule has 0 aromatic heterocycles. The van der Waals surface area contributed by atoms with Crippen LogP contribution in [0.5, 0.6) is 5.75 Å². The maximum absolute atomic E-state index is 14.2. The van der Waals surface area contributed by atoms with E-state index >= 15 is 0 Å². The number of ether oxygens (including phenoxy) is 1. The average Bonchev–Trinajstić information content (AvgIpc) is 3.53. The van der Waals surface area contributed by atoms with Crippen molar-refractivity contribution in [2.24, 2.45) is 11.8 Å². The number of para-hydroxylation sites is 1. The van der Waals surface area contributed by atoms with Crippen LogP contribution >= 0.6 is 11.6 Å². The number of aryl methyl sites for hydroxylation is 1. The Morgan fingerprint density at radius 3 is 2.62 bits per heavy atom. The lowest BCUT2D eigenvalue weighted by molar-refractivity contribution is -0.137. The second-order valence-corrected chi connectivity index (χ2v) is 9.93. The predicted octanol–water partition coefficient (Wildman–Crippen LogP) is 3.50. The summed E-state index contributed by atoms with van der Waals surface area (Å²) in [7, 11) is 1.49. The zero-order valence-electron chi connectivity index (χ0n) is 19.4. The number of carbonyl (C=O) groups is 3. The molecule has 3 saturated heterocycles. The standard InChI is InChI=1S/C26H26ClN3O4/c1-4-28-17-9-6-5-8-15(17)26(25(28)33)22-21(18-10-7-11-29(18)26)23(31)30(24(22)32)19-12-14(2)16(27)13-20(19)34-3/h5-6,8-9,12-13,18,21-22H,4,7,10-11H2,1-3H3/t18-,21+,22+,26+/m1/s1. The number of rotatable bonds is 3. The second-order valence-electron chi connectivity index (χ2n) is 9.52. The molecule has 4 heterocycles. The van der Waals surface area contributed by atoms with E-state index in [0.717, 1.165) is 29.7 Å². The molecule has 6 rings (SSSR count). The number of methoxy groups -OCH3 is 1. The Morgan fingerprint density at radius 1 is 1.12 bits per heavy atom. The minimum atomic E-state index is -1.16. The van der Waals surface area contributed by atoms with Crippen molar-refractivity contribution in [3.05, 3.63) is 52.5 Å². The van der Waals surface area contributed by atoms with Crippen molar-refractivity contribution in [2.75, 3.05) is 30.0 Å². The van der Waals surface area contributed by atoms with Gasteiger partial charge in [0.1, 0.15) is 11.3 Å². The molecule has 34 heavy (non-hydrogen) atoms. The zero-order valence-corrected chi connectivity index (χ0v) is 20.1. The first-order chi connectivity index (χ1) is 16.4. The van der Waals surface area contributed by atoms with E-state index in [1.807, 2.05) is 38.1 Å². The summed E-state index contributed by atoms with van der Waals surface area (Å²) < 4.78 is 5.51. The lowest BCUT2D eigenvalue weighted by atomic mass is 9.75. The Kier molecular flexibility index (Phi) is 4.64. The van der Waals surface area contributed by atoms with Crippen LogP contribution in [0, 0.1) is 18.8 Å². The molecule has 4 atom stereocenters. The minimum absolute atomic E-state index is 0.0992. The highest BCUT2D eigenvalue weighted by Crippen LogP contribution is 2.62. The number of hydrogen-bond acceptors (Lipinski definition) is 5. The first-order valence-corrected chi connectivity index (χ1v) is 12.2. The lowest BCUT2D eigenvalue weighted by Gasteiger charge is -2.37. The molecule has 0 N–H and O–H groups in total. The van der Waals surface area contributed by atoms with Crippen LogP contribution in [0.25, 0.3) is 0 Å². The fraction of sp³-hybridized carbons (Fsp3) is 0.423. The maximum atomic E-state index is 14.2. The van der Waals surface area contributed by atoms with E-state index in [1.165, 1.54) is 12.0 Å². The van der Waals surface area contributed by atoms with E-state index in [1.54, 1.807) is 17.0 Å². The molecular weight excluding hydrogens is 454 g/mol. The Bertz CT molecular complexity index is 1260. The highest BCUT2D eigenvalue weighted by Gasteiger charge is 2.75. The number of anilines is 2. The molecule has 0 radical (unpaired) electrons. The zero-order chi connectivity index (χ0) is 23.9. The van der Waals surface area contributed by atoms with Crippen LogP contribution in [0.2, 0.25) is 5.02 Å². The molecule has 2 aromatic carbocycles. The third kappa shape index (κ3) is 2.39. The minimum Gasteiger partial charge on any atom is -0.495 e. The van der Waals surface area contributed by atoms with E-state index in [0.29, 0.717) is 29.5 Å². The number of halogens is 1. The van der Waals surface area contributed by atoms with Crippen molar-refractivity contribution in [2.45, 2.75) is 38.3 Å². The van der Waals surface area contributed by atoms with Gasteiger partial charge < -0.3 is 9.64 Å². The molecule has 8 heteroatoms. The van der Waals surface area contributed by atoms with Gasteiger partial charge >= 0.3 is 0 Å². The fourth-order valence-corrected chi connectivity index (χ4v) is 7.03. The number of fused-ring (bicyclic) bond motifs is 7. The van der Waals surface area contributed by atoms with Crippen molar-refractivity contribution in [1.82, 2.24) is 4.90 Å². The molecule has 0 aliphatic carbocycles. The molecule has 7 nitrogen and oxygen atoms in total. The number of carbonyl (C=O) groups excluding carboxylic acids is 3. The smallest absolute Gasteiger partial charge is 0.253 e. The molecule has 4 aliphatic rings. The van der Waals surface area contributed by atoms with Gasteiger partial charge in [0.25, 0.3) is 5.91 Å². The average molecular weight is 480 g/mol. The molecule has 3 fully saturated rings. The summed E-state index contributed by atoms with van der Waals surface area (Å²) in [5.41, 5.74) is 1.64. The quantitative estimate of drug-likeness (QED) is 0.630. The molecule has 1 spiro atoms. The number of benzene rings is 2. The topological polar surface area (TPSA) is 70.2 Å². The number of hydrogen-bond donors (Lipinski definition) is 0. The Morgan fingerprint density at radius 2 is 1.88 bits per heavy atom. The number of nitrogens with zero attached hydrogens (tertiary/aromatic N) is 3. The van der Waals surface area contributed by atoms with Gasteiger partial charge in [-0.2, -0.15) is 0 Å². The van der Waals surface area contributed by atoms with Gasteiger partial charge in [-0.3, -0.25) is 19.3 Å². The Hall–Kier alpha value is -2.90. The summed E-state index contributed by atoms with van der Waals surface area (Å²) in [6, 6.07) is 10.9. The van der Waals surface area contributed by atoms with Crippen LogP contribution in [-0.4, -0.2) is 48.9 Å². The van der Waals surface area contributed by atoms with Crippen LogP contribution in [0.15, 0.2) is 36.4 Å². The first kappa shape index (κ1) is 21.6. The third-order valence-corrected chi connectivity index (χ3v) is 8.57. The molecule has 2 aromatic rings. The van der Waals surface area contributed by atoms with Crippen molar-refractivity contribution in [3.63, 3.8) is 0 Å². The van der Waals surface area contributed by atoms with Crippen molar-refractivity contribution in [1.29, 1.82) is 0 Å². The van der Waals surface area contributed by atoms with Crippen molar-refractivity contribution < 1.29 is 19.1 Å². The predicted molar refractivity (Wildman–Crippen MR) is 128 cm³/mol. The summed E-state index contributed by atoms with van der Waals surface area (Å²) in [5, 5.41) is 0.497. The lowest BCUT2D eigenvalue weighted by Crippen LogP contribution is -2.56. The van der Waals surface area contributed by atoms with E-state index in [2.05, 4.69) is 4.90 Å². The molecule has 176 valence electrons. The number of imide groups is 1. The molecule has 4 aliphatic heterocycles. The SMILES string of the molecule is CCN1C(=O)[C@]2(c3ccccc31)[C@@H]1C(=O)N(c3cc(C)c(Cl)cc3OC)C(=O)[C@H]1[C@H]1CCCN12. The molecule has 0 saturated carbocycles. The first-order valence-electron chi connectivity index (χ1n) is 11.8. The highest BCUT2D eigenvalue weighted by atomic mass is 35.5. The van der Waals surface area contributed by atoms with Gasteiger partial charge in [0.05, 0.1) is 24.6 Å². The van der Waals surface area contributed by atoms with Gasteiger partial charge in [-0.25, -0.2) is 4.90 Å². The summed E-state index contributed by atoms with van der Waals surface area (Å²) in [4.78, 5) is 47.6. The van der Waals surface area contributed by atoms with Crippen LogP contribution < -0.4 is 14.5 Å². The monoisotopic (exact) mass is 479 g/mol. The maximum Gasteiger partial charge on any atom is 0.253 e. The van der Waals surface area contributed by atoms with Gasteiger partial charge in [0.15, 0.2) is 0 Å². The summed E-state index contributed by atoms with van der Waals surface area (Å²) >= 11 is 6.29.